The Balaban J connectivity index is 1.86. The summed E-state index contributed by atoms with van der Waals surface area (Å²) in [4.78, 5) is 24.4. The van der Waals surface area contributed by atoms with E-state index in [0.717, 1.165) is 32.1 Å². The molecule has 2 fully saturated rings. The van der Waals surface area contributed by atoms with E-state index in [1.54, 1.807) is 4.90 Å². The number of carbonyl (C=O) groups is 2. The van der Waals surface area contributed by atoms with Gasteiger partial charge in [-0.15, -0.1) is 0 Å². The number of aliphatic carboxylic acids is 1. The molecule has 0 aliphatic heterocycles. The Kier molecular flexibility index (Phi) is 3.38. The number of carbonyl (C=O) groups excluding carboxylic acids is 1. The van der Waals surface area contributed by atoms with Crippen molar-refractivity contribution >= 4 is 11.9 Å². The average Bonchev–Trinajstić information content (AvgIpc) is 2.99. The SMILES string of the molecule is NC1(CC(=O)N(CCC(=O)O)C2CC2)CCC1. The molecular formula is C12H20N2O3. The number of rotatable bonds is 6. The first-order valence-electron chi connectivity index (χ1n) is 6.30. The van der Waals surface area contributed by atoms with Gasteiger partial charge in [0, 0.05) is 24.5 Å². The van der Waals surface area contributed by atoms with E-state index in [9.17, 15) is 9.59 Å². The van der Waals surface area contributed by atoms with Crippen molar-refractivity contribution < 1.29 is 14.7 Å². The number of nitrogens with two attached hydrogens (primary N) is 1. The van der Waals surface area contributed by atoms with Crippen LogP contribution >= 0.6 is 0 Å². The van der Waals surface area contributed by atoms with Gasteiger partial charge in [0.15, 0.2) is 0 Å². The van der Waals surface area contributed by atoms with Crippen molar-refractivity contribution in [3.05, 3.63) is 0 Å². The van der Waals surface area contributed by atoms with Crippen molar-refractivity contribution in [3.63, 3.8) is 0 Å². The van der Waals surface area contributed by atoms with Crippen LogP contribution < -0.4 is 5.73 Å². The first-order chi connectivity index (χ1) is 8.00. The van der Waals surface area contributed by atoms with Crippen molar-refractivity contribution in [2.24, 2.45) is 5.73 Å². The van der Waals surface area contributed by atoms with Gasteiger partial charge < -0.3 is 15.7 Å². The highest BCUT2D eigenvalue weighted by molar-refractivity contribution is 5.79. The third-order valence-electron chi connectivity index (χ3n) is 3.73. The average molecular weight is 240 g/mol. The molecule has 0 unspecified atom stereocenters. The fourth-order valence-corrected chi connectivity index (χ4v) is 2.32. The minimum atomic E-state index is -0.852. The zero-order valence-corrected chi connectivity index (χ0v) is 10.0. The largest absolute Gasteiger partial charge is 0.481 e. The molecule has 0 bridgehead atoms. The van der Waals surface area contributed by atoms with Crippen LogP contribution in [0.2, 0.25) is 0 Å². The molecule has 0 saturated heterocycles. The maximum Gasteiger partial charge on any atom is 0.305 e. The normalized spacial score (nSPS) is 21.7. The van der Waals surface area contributed by atoms with Gasteiger partial charge in [0.1, 0.15) is 0 Å². The van der Waals surface area contributed by atoms with Crippen molar-refractivity contribution in [2.45, 2.75) is 56.5 Å². The number of nitrogens with zero attached hydrogens (tertiary/aromatic N) is 1. The van der Waals surface area contributed by atoms with E-state index in [1.165, 1.54) is 0 Å². The van der Waals surface area contributed by atoms with Gasteiger partial charge in [0.25, 0.3) is 0 Å². The van der Waals surface area contributed by atoms with Gasteiger partial charge in [-0.05, 0) is 32.1 Å². The van der Waals surface area contributed by atoms with Gasteiger partial charge in [-0.1, -0.05) is 0 Å². The Hall–Kier alpha value is -1.10. The molecule has 5 nitrogen and oxygen atoms in total. The second-order valence-corrected chi connectivity index (χ2v) is 5.35. The zero-order chi connectivity index (χ0) is 12.5. The molecule has 2 rings (SSSR count). The van der Waals surface area contributed by atoms with E-state index in [1.807, 2.05) is 0 Å². The minimum Gasteiger partial charge on any atom is -0.481 e. The summed E-state index contributed by atoms with van der Waals surface area (Å²) in [6.45, 7) is 0.328. The molecule has 0 atom stereocenters. The van der Waals surface area contributed by atoms with Gasteiger partial charge in [-0.3, -0.25) is 9.59 Å². The van der Waals surface area contributed by atoms with Crippen LogP contribution in [0.1, 0.15) is 44.9 Å². The molecule has 96 valence electrons. The molecule has 1 amide bonds. The Labute approximate surface area is 101 Å². The summed E-state index contributed by atoms with van der Waals surface area (Å²) in [5.74, 6) is -0.814. The molecule has 3 N–H and O–H groups in total. The Morgan fingerprint density at radius 1 is 1.35 bits per heavy atom. The molecule has 2 aliphatic rings. The monoisotopic (exact) mass is 240 g/mol. The zero-order valence-electron chi connectivity index (χ0n) is 10.0. The Bertz CT molecular complexity index is 322. The molecule has 0 spiro atoms. The van der Waals surface area contributed by atoms with E-state index < -0.39 is 5.97 Å². The van der Waals surface area contributed by atoms with Crippen molar-refractivity contribution in [2.75, 3.05) is 6.54 Å². The number of hydrogen-bond donors (Lipinski definition) is 2. The summed E-state index contributed by atoms with van der Waals surface area (Å²) < 4.78 is 0. The first-order valence-corrected chi connectivity index (χ1v) is 6.30. The lowest BCUT2D eigenvalue weighted by atomic mass is 9.75. The third kappa shape index (κ3) is 3.19. The fraction of sp³-hybridized carbons (Fsp3) is 0.833. The van der Waals surface area contributed by atoms with Crippen LogP contribution in [0.5, 0.6) is 0 Å². The lowest BCUT2D eigenvalue weighted by Crippen LogP contribution is -2.51. The van der Waals surface area contributed by atoms with Gasteiger partial charge >= 0.3 is 5.97 Å². The highest BCUT2D eigenvalue weighted by Crippen LogP contribution is 2.34. The third-order valence-corrected chi connectivity index (χ3v) is 3.73. The number of carboxylic acid groups (broad SMARTS) is 1. The topological polar surface area (TPSA) is 83.6 Å². The molecular weight excluding hydrogens is 220 g/mol. The van der Waals surface area contributed by atoms with E-state index in [-0.39, 0.29) is 23.9 Å². The fourth-order valence-electron chi connectivity index (χ4n) is 2.32. The maximum atomic E-state index is 12.1. The number of carboxylic acids is 1. The predicted molar refractivity (Wildman–Crippen MR) is 62.4 cm³/mol. The lowest BCUT2D eigenvalue weighted by Gasteiger charge is -2.39. The van der Waals surface area contributed by atoms with E-state index >= 15 is 0 Å². The number of amides is 1. The van der Waals surface area contributed by atoms with Crippen LogP contribution in [0.3, 0.4) is 0 Å². The Morgan fingerprint density at radius 2 is 2.00 bits per heavy atom. The predicted octanol–water partition coefficient (Wildman–Crippen LogP) is 0.724. The smallest absolute Gasteiger partial charge is 0.305 e. The van der Waals surface area contributed by atoms with Gasteiger partial charge in [-0.25, -0.2) is 0 Å². The second-order valence-electron chi connectivity index (χ2n) is 5.35. The molecule has 0 aromatic heterocycles. The molecule has 0 aromatic carbocycles. The lowest BCUT2D eigenvalue weighted by molar-refractivity contribution is -0.139. The summed E-state index contributed by atoms with van der Waals surface area (Å²) in [5.41, 5.74) is 5.74. The van der Waals surface area contributed by atoms with Crippen LogP contribution in [-0.2, 0) is 9.59 Å². The standard InChI is InChI=1S/C12H20N2O3/c13-12(5-1-6-12)8-10(15)14(9-2-3-9)7-4-11(16)17/h9H,1-8,13H2,(H,16,17). The molecule has 17 heavy (non-hydrogen) atoms. The molecule has 0 heterocycles. The molecule has 2 saturated carbocycles. The Morgan fingerprint density at radius 3 is 2.41 bits per heavy atom. The summed E-state index contributed by atoms with van der Waals surface area (Å²) in [7, 11) is 0. The van der Waals surface area contributed by atoms with Gasteiger partial charge in [0.2, 0.25) is 5.91 Å². The van der Waals surface area contributed by atoms with Gasteiger partial charge in [0.05, 0.1) is 6.42 Å². The highest BCUT2D eigenvalue weighted by Gasteiger charge is 2.39. The van der Waals surface area contributed by atoms with Crippen LogP contribution in [0.25, 0.3) is 0 Å². The molecule has 0 aromatic rings. The van der Waals surface area contributed by atoms with Crippen molar-refractivity contribution in [1.82, 2.24) is 4.90 Å². The molecule has 0 radical (unpaired) electrons. The summed E-state index contributed by atoms with van der Waals surface area (Å²) in [6, 6.07) is 0.269. The quantitative estimate of drug-likeness (QED) is 0.716. The summed E-state index contributed by atoms with van der Waals surface area (Å²) in [6.07, 6.45) is 5.34. The van der Waals surface area contributed by atoms with E-state index in [0.29, 0.717) is 13.0 Å². The van der Waals surface area contributed by atoms with Crippen LogP contribution in [0.15, 0.2) is 0 Å². The minimum absolute atomic E-state index is 0.0276. The number of hydrogen-bond acceptors (Lipinski definition) is 3. The van der Waals surface area contributed by atoms with Crippen molar-refractivity contribution in [1.29, 1.82) is 0 Å². The van der Waals surface area contributed by atoms with E-state index in [4.69, 9.17) is 10.8 Å². The van der Waals surface area contributed by atoms with Crippen LogP contribution in [-0.4, -0.2) is 40.0 Å². The van der Waals surface area contributed by atoms with Gasteiger partial charge in [-0.2, -0.15) is 0 Å². The first kappa shape index (κ1) is 12.4. The maximum absolute atomic E-state index is 12.1. The van der Waals surface area contributed by atoms with Crippen LogP contribution in [0.4, 0.5) is 0 Å². The van der Waals surface area contributed by atoms with Crippen LogP contribution in [0, 0.1) is 0 Å². The highest BCUT2D eigenvalue weighted by atomic mass is 16.4. The van der Waals surface area contributed by atoms with E-state index in [2.05, 4.69) is 0 Å². The second kappa shape index (κ2) is 4.64. The van der Waals surface area contributed by atoms with Crippen molar-refractivity contribution in [3.8, 4) is 0 Å². The molecule has 2 aliphatic carbocycles. The molecule has 5 heteroatoms. The summed E-state index contributed by atoms with van der Waals surface area (Å²) >= 11 is 0. The summed E-state index contributed by atoms with van der Waals surface area (Å²) in [5, 5.41) is 8.67.